The molecule has 0 aliphatic carbocycles. The van der Waals surface area contributed by atoms with Crippen molar-refractivity contribution in [3.8, 4) is 11.1 Å². The maximum Gasteiger partial charge on any atom is 0.259 e. The van der Waals surface area contributed by atoms with Gasteiger partial charge in [-0.25, -0.2) is 4.39 Å². The molecule has 2 nitrogen and oxygen atoms in total. The first-order chi connectivity index (χ1) is 15.2. The first-order valence-corrected chi connectivity index (χ1v) is 11.0. The van der Waals surface area contributed by atoms with Crippen LogP contribution in [0.15, 0.2) is 101 Å². The van der Waals surface area contributed by atoms with Gasteiger partial charge in [0.2, 0.25) is 0 Å². The minimum absolute atomic E-state index is 0.115. The summed E-state index contributed by atoms with van der Waals surface area (Å²) in [6.07, 6.45) is 1.77. The van der Waals surface area contributed by atoms with E-state index in [0.717, 1.165) is 29.0 Å². The van der Waals surface area contributed by atoms with E-state index in [1.54, 1.807) is 12.1 Å². The Morgan fingerprint density at radius 3 is 2.23 bits per heavy atom. The highest BCUT2D eigenvalue weighted by Gasteiger charge is 2.23. The van der Waals surface area contributed by atoms with Crippen LogP contribution in [0.4, 0.5) is 10.1 Å². The zero-order valence-corrected chi connectivity index (χ0v) is 17.6. The smallest absolute Gasteiger partial charge is 0.259 e. The maximum absolute atomic E-state index is 14.2. The molecule has 0 saturated heterocycles. The molecule has 1 N–H and O–H groups in total. The minimum atomic E-state index is -0.491. The van der Waals surface area contributed by atoms with Crippen molar-refractivity contribution in [1.29, 1.82) is 0 Å². The Morgan fingerprint density at radius 2 is 1.42 bits per heavy atom. The van der Waals surface area contributed by atoms with Gasteiger partial charge in [0.1, 0.15) is 5.82 Å². The van der Waals surface area contributed by atoms with Crippen LogP contribution in [0.5, 0.6) is 0 Å². The first kappa shape index (κ1) is 19.6. The molecule has 0 spiro atoms. The first-order valence-electron chi connectivity index (χ1n) is 10.2. The number of benzene rings is 4. The van der Waals surface area contributed by atoms with Gasteiger partial charge in [-0.1, -0.05) is 78.5 Å². The van der Waals surface area contributed by atoms with E-state index in [0.29, 0.717) is 4.90 Å². The number of anilines is 1. The summed E-state index contributed by atoms with van der Waals surface area (Å²) >= 11 is 1.42. The molecule has 152 valence electrons. The minimum Gasteiger partial charge on any atom is -0.321 e. The predicted octanol–water partition coefficient (Wildman–Crippen LogP) is 6.99. The van der Waals surface area contributed by atoms with Crippen molar-refractivity contribution in [1.82, 2.24) is 0 Å². The Hall–Kier alpha value is -3.37. The average Bonchev–Trinajstić information content (AvgIpc) is 2.94. The number of carbonyl (C=O) groups excluding carboxylic acids is 1. The van der Waals surface area contributed by atoms with Crippen LogP contribution in [0.25, 0.3) is 11.1 Å². The molecule has 4 heteroatoms. The Morgan fingerprint density at radius 1 is 0.710 bits per heavy atom. The maximum atomic E-state index is 14.2. The van der Waals surface area contributed by atoms with E-state index in [4.69, 9.17) is 0 Å². The zero-order chi connectivity index (χ0) is 21.2. The molecule has 4 aromatic carbocycles. The molecule has 0 fully saturated rings. The van der Waals surface area contributed by atoms with Crippen LogP contribution >= 0.6 is 11.8 Å². The van der Waals surface area contributed by atoms with Crippen LogP contribution in [0.3, 0.4) is 0 Å². The topological polar surface area (TPSA) is 29.1 Å². The van der Waals surface area contributed by atoms with E-state index in [9.17, 15) is 9.18 Å². The lowest BCUT2D eigenvalue weighted by Crippen LogP contribution is -2.13. The number of rotatable bonds is 4. The molecule has 4 aromatic rings. The lowest BCUT2D eigenvalue weighted by Gasteiger charge is -2.10. The van der Waals surface area contributed by atoms with Gasteiger partial charge in [-0.3, -0.25) is 4.79 Å². The molecule has 1 amide bonds. The molecule has 1 aliphatic heterocycles. The van der Waals surface area contributed by atoms with Gasteiger partial charge in [0.15, 0.2) is 0 Å². The van der Waals surface area contributed by atoms with E-state index in [1.165, 1.54) is 34.5 Å². The summed E-state index contributed by atoms with van der Waals surface area (Å²) in [4.78, 5) is 14.1. The largest absolute Gasteiger partial charge is 0.321 e. The van der Waals surface area contributed by atoms with Gasteiger partial charge in [-0.05, 0) is 59.4 Å². The lowest BCUT2D eigenvalue weighted by molar-refractivity contribution is 0.102. The highest BCUT2D eigenvalue weighted by Crippen LogP contribution is 2.40. The number of halogens is 1. The van der Waals surface area contributed by atoms with Crippen molar-refractivity contribution in [3.63, 3.8) is 0 Å². The van der Waals surface area contributed by atoms with Gasteiger partial charge in [-0.2, -0.15) is 0 Å². The molecule has 1 heterocycles. The van der Waals surface area contributed by atoms with Crippen LogP contribution in [0.1, 0.15) is 21.5 Å². The molecule has 0 bridgehead atoms. The standard InChI is InChI=1S/C27H20FNOS/c28-22-7-4-8-25-26(22)27(30)29-23-17-19(13-16-24(23)31-25)10-9-18-11-14-21(15-12-18)20-5-2-1-3-6-20/h1-8,11-17H,9-10H2,(H,29,30). The van der Waals surface area contributed by atoms with Crippen LogP contribution in [-0.2, 0) is 12.8 Å². The Balaban J connectivity index is 1.31. The second-order valence-electron chi connectivity index (χ2n) is 7.56. The van der Waals surface area contributed by atoms with Crippen molar-refractivity contribution < 1.29 is 9.18 Å². The highest BCUT2D eigenvalue weighted by atomic mass is 32.2. The molecule has 1 aliphatic rings. The quantitative estimate of drug-likeness (QED) is 0.382. The van der Waals surface area contributed by atoms with Crippen molar-refractivity contribution in [2.45, 2.75) is 22.6 Å². The van der Waals surface area contributed by atoms with Gasteiger partial charge in [0.25, 0.3) is 5.91 Å². The highest BCUT2D eigenvalue weighted by molar-refractivity contribution is 7.99. The summed E-state index contributed by atoms with van der Waals surface area (Å²) in [7, 11) is 0. The molecule has 0 aromatic heterocycles. The van der Waals surface area contributed by atoms with Gasteiger partial charge >= 0.3 is 0 Å². The number of aryl methyl sites for hydroxylation is 2. The van der Waals surface area contributed by atoms with Gasteiger partial charge in [0.05, 0.1) is 11.3 Å². The Kier molecular flexibility index (Phi) is 5.31. The van der Waals surface area contributed by atoms with Gasteiger partial charge in [-0.15, -0.1) is 0 Å². The monoisotopic (exact) mass is 425 g/mol. The fraction of sp³-hybridized carbons (Fsp3) is 0.0741. The zero-order valence-electron chi connectivity index (χ0n) is 16.8. The number of fused-ring (bicyclic) bond motifs is 2. The van der Waals surface area contributed by atoms with Crippen LogP contribution < -0.4 is 5.32 Å². The number of hydrogen-bond donors (Lipinski definition) is 1. The molecule has 0 radical (unpaired) electrons. The number of amides is 1. The van der Waals surface area contributed by atoms with Crippen LogP contribution in [0.2, 0.25) is 0 Å². The Labute approximate surface area is 185 Å². The fourth-order valence-electron chi connectivity index (χ4n) is 3.82. The van der Waals surface area contributed by atoms with Crippen molar-refractivity contribution in [3.05, 3.63) is 114 Å². The third kappa shape index (κ3) is 4.12. The normalized spacial score (nSPS) is 12.5. The number of hydrogen-bond acceptors (Lipinski definition) is 2. The lowest BCUT2D eigenvalue weighted by atomic mass is 10.00. The van der Waals surface area contributed by atoms with E-state index in [2.05, 4.69) is 47.8 Å². The molecule has 0 unspecified atom stereocenters. The molecule has 0 atom stereocenters. The number of nitrogens with one attached hydrogen (secondary N) is 1. The molecular formula is C27H20FNOS. The molecule has 0 saturated carbocycles. The Bertz CT molecular complexity index is 1250. The van der Waals surface area contributed by atoms with Crippen LogP contribution in [0, 0.1) is 5.82 Å². The van der Waals surface area contributed by atoms with E-state index in [1.807, 2.05) is 30.3 Å². The van der Waals surface area contributed by atoms with E-state index in [-0.39, 0.29) is 5.56 Å². The van der Waals surface area contributed by atoms with Gasteiger partial charge < -0.3 is 5.32 Å². The molecule has 5 rings (SSSR count). The third-order valence-electron chi connectivity index (χ3n) is 5.48. The number of carbonyl (C=O) groups is 1. The summed E-state index contributed by atoms with van der Waals surface area (Å²) in [6, 6.07) is 29.8. The van der Waals surface area contributed by atoms with E-state index < -0.39 is 11.7 Å². The second-order valence-corrected chi connectivity index (χ2v) is 8.65. The molecular weight excluding hydrogens is 405 g/mol. The summed E-state index contributed by atoms with van der Waals surface area (Å²) < 4.78 is 14.2. The van der Waals surface area contributed by atoms with Crippen LogP contribution in [-0.4, -0.2) is 5.91 Å². The summed E-state index contributed by atoms with van der Waals surface area (Å²) in [5.41, 5.74) is 5.68. The summed E-state index contributed by atoms with van der Waals surface area (Å²) in [6.45, 7) is 0. The second kappa shape index (κ2) is 8.40. The van der Waals surface area contributed by atoms with Gasteiger partial charge in [0, 0.05) is 9.79 Å². The predicted molar refractivity (Wildman–Crippen MR) is 124 cm³/mol. The SMILES string of the molecule is O=C1Nc2cc(CCc3ccc(-c4ccccc4)cc3)ccc2Sc2cccc(F)c21. The fourth-order valence-corrected chi connectivity index (χ4v) is 4.85. The molecule has 31 heavy (non-hydrogen) atoms. The summed E-state index contributed by atoms with van der Waals surface area (Å²) in [5, 5.41) is 2.88. The van der Waals surface area contributed by atoms with Crippen molar-refractivity contribution in [2.24, 2.45) is 0 Å². The summed E-state index contributed by atoms with van der Waals surface area (Å²) in [5.74, 6) is -0.887. The van der Waals surface area contributed by atoms with Crippen molar-refractivity contribution in [2.75, 3.05) is 5.32 Å². The van der Waals surface area contributed by atoms with E-state index >= 15 is 0 Å². The third-order valence-corrected chi connectivity index (χ3v) is 6.61. The van der Waals surface area contributed by atoms with Crippen molar-refractivity contribution >= 4 is 23.4 Å². The average molecular weight is 426 g/mol.